The summed E-state index contributed by atoms with van der Waals surface area (Å²) in [4.78, 5) is 2.33. The van der Waals surface area contributed by atoms with Crippen LogP contribution in [0.15, 0.2) is 36.4 Å². The van der Waals surface area contributed by atoms with Gasteiger partial charge >= 0.3 is 0 Å². The molecule has 1 aliphatic rings. The molecule has 0 saturated heterocycles. The Labute approximate surface area is 166 Å². The average molecular weight is 393 g/mol. The number of nitrogens with zero attached hydrogens (tertiary/aromatic N) is 1. The van der Waals surface area contributed by atoms with Gasteiger partial charge in [0.1, 0.15) is 12.4 Å². The molecule has 2 N–H and O–H groups in total. The summed E-state index contributed by atoms with van der Waals surface area (Å²) in [6.07, 6.45) is 3.16. The lowest BCUT2D eigenvalue weighted by molar-refractivity contribution is 0.226. The van der Waals surface area contributed by atoms with E-state index in [1.165, 1.54) is 16.7 Å². The Morgan fingerprint density at radius 3 is 2.62 bits per heavy atom. The molecule has 140 valence electrons. The zero-order valence-corrected chi connectivity index (χ0v) is 16.9. The van der Waals surface area contributed by atoms with Gasteiger partial charge in [-0.05, 0) is 74.3 Å². The summed E-state index contributed by atoms with van der Waals surface area (Å²) in [7, 11) is 4.32. The van der Waals surface area contributed by atoms with Gasteiger partial charge in [-0.15, -0.1) is 0 Å². The van der Waals surface area contributed by atoms with Crippen LogP contribution in [0.1, 0.15) is 29.0 Å². The second-order valence-corrected chi connectivity index (χ2v) is 7.94. The Bertz CT molecular complexity index is 764. The highest BCUT2D eigenvalue weighted by molar-refractivity contribution is 6.42. The van der Waals surface area contributed by atoms with E-state index < -0.39 is 0 Å². The van der Waals surface area contributed by atoms with E-state index in [4.69, 9.17) is 33.7 Å². The van der Waals surface area contributed by atoms with Crippen molar-refractivity contribution in [1.29, 1.82) is 0 Å². The van der Waals surface area contributed by atoms with Gasteiger partial charge in [0.25, 0.3) is 0 Å². The van der Waals surface area contributed by atoms with Gasteiger partial charge in [0.15, 0.2) is 0 Å². The minimum atomic E-state index is 0.382. The smallest absolute Gasteiger partial charge is 0.119 e. The number of ether oxygens (including phenoxy) is 1. The molecule has 0 saturated carbocycles. The summed E-state index contributed by atoms with van der Waals surface area (Å²) in [5.74, 6) is 1.28. The summed E-state index contributed by atoms with van der Waals surface area (Å²) in [5.41, 5.74) is 9.56. The molecule has 0 radical (unpaired) electrons. The van der Waals surface area contributed by atoms with Crippen LogP contribution in [-0.2, 0) is 12.8 Å². The first kappa shape index (κ1) is 19.5. The van der Waals surface area contributed by atoms with Crippen LogP contribution in [0.2, 0.25) is 10.0 Å². The van der Waals surface area contributed by atoms with Crippen LogP contribution in [0.4, 0.5) is 0 Å². The van der Waals surface area contributed by atoms with Crippen molar-refractivity contribution < 1.29 is 4.74 Å². The lowest BCUT2D eigenvalue weighted by atomic mass is 9.75. The molecule has 2 aromatic carbocycles. The van der Waals surface area contributed by atoms with Crippen molar-refractivity contribution in [3.8, 4) is 5.75 Å². The third-order valence-electron chi connectivity index (χ3n) is 5.18. The zero-order valence-electron chi connectivity index (χ0n) is 15.3. The summed E-state index contributed by atoms with van der Waals surface area (Å²) >= 11 is 12.3. The predicted octanol–water partition coefficient (Wildman–Crippen LogP) is 4.53. The molecule has 0 aromatic heterocycles. The van der Waals surface area contributed by atoms with E-state index >= 15 is 0 Å². The van der Waals surface area contributed by atoms with E-state index in [0.29, 0.717) is 35.2 Å². The van der Waals surface area contributed by atoms with E-state index in [-0.39, 0.29) is 0 Å². The minimum absolute atomic E-state index is 0.382. The van der Waals surface area contributed by atoms with E-state index in [9.17, 15) is 0 Å². The Morgan fingerprint density at radius 1 is 1.12 bits per heavy atom. The highest BCUT2D eigenvalue weighted by atomic mass is 35.5. The standard InChI is InChI=1S/C21H26Cl2N2O/c1-25(2)21-8-5-15-4-6-16(26-10-9-24)13-17(15)18(21)11-14-3-7-19(22)20(23)12-14/h3-4,6-7,12-13,18,21H,5,8-11,24H2,1-2H3. The molecule has 0 aliphatic heterocycles. The lowest BCUT2D eigenvalue weighted by Gasteiger charge is -2.38. The van der Waals surface area contributed by atoms with Crippen molar-refractivity contribution >= 4 is 23.2 Å². The Balaban J connectivity index is 1.95. The molecule has 0 bridgehead atoms. The van der Waals surface area contributed by atoms with E-state index in [2.05, 4.69) is 43.3 Å². The minimum Gasteiger partial charge on any atom is -0.492 e. The zero-order chi connectivity index (χ0) is 18.7. The maximum Gasteiger partial charge on any atom is 0.119 e. The van der Waals surface area contributed by atoms with Gasteiger partial charge in [-0.1, -0.05) is 35.3 Å². The first-order valence-corrected chi connectivity index (χ1v) is 9.81. The monoisotopic (exact) mass is 392 g/mol. The molecule has 3 rings (SSSR count). The number of nitrogens with two attached hydrogens (primary N) is 1. The van der Waals surface area contributed by atoms with Crippen molar-refractivity contribution in [2.75, 3.05) is 27.2 Å². The number of hydrogen-bond acceptors (Lipinski definition) is 3. The Hall–Kier alpha value is -1.26. The maximum atomic E-state index is 6.24. The molecular weight excluding hydrogens is 367 g/mol. The highest BCUT2D eigenvalue weighted by Crippen LogP contribution is 2.39. The van der Waals surface area contributed by atoms with Crippen molar-refractivity contribution in [1.82, 2.24) is 4.90 Å². The van der Waals surface area contributed by atoms with Crippen molar-refractivity contribution in [2.45, 2.75) is 31.2 Å². The van der Waals surface area contributed by atoms with Crippen molar-refractivity contribution in [2.24, 2.45) is 5.73 Å². The molecular formula is C21H26Cl2N2O. The first-order valence-electron chi connectivity index (χ1n) is 9.05. The topological polar surface area (TPSA) is 38.5 Å². The van der Waals surface area contributed by atoms with Gasteiger partial charge in [0.05, 0.1) is 10.0 Å². The van der Waals surface area contributed by atoms with Gasteiger partial charge in [-0.3, -0.25) is 0 Å². The van der Waals surface area contributed by atoms with E-state index in [0.717, 1.165) is 25.0 Å². The number of aryl methyl sites for hydroxylation is 1. The number of fused-ring (bicyclic) bond motifs is 1. The van der Waals surface area contributed by atoms with Crippen molar-refractivity contribution in [3.63, 3.8) is 0 Å². The number of hydrogen-bond donors (Lipinski definition) is 1. The molecule has 1 aliphatic carbocycles. The second kappa shape index (κ2) is 8.62. The summed E-state index contributed by atoms with van der Waals surface area (Å²) in [6, 6.07) is 12.9. The Morgan fingerprint density at radius 2 is 1.92 bits per heavy atom. The van der Waals surface area contributed by atoms with Crippen LogP contribution in [0.25, 0.3) is 0 Å². The number of likely N-dealkylation sites (N-methyl/N-ethyl adjacent to an activating group) is 1. The van der Waals surface area contributed by atoms with E-state index in [1.54, 1.807) is 0 Å². The van der Waals surface area contributed by atoms with Gasteiger partial charge in [0, 0.05) is 18.5 Å². The third kappa shape index (κ3) is 4.34. The third-order valence-corrected chi connectivity index (χ3v) is 5.92. The van der Waals surface area contributed by atoms with Crippen LogP contribution in [0.5, 0.6) is 5.75 Å². The summed E-state index contributed by atoms with van der Waals surface area (Å²) in [6.45, 7) is 1.05. The summed E-state index contributed by atoms with van der Waals surface area (Å²) in [5, 5.41) is 1.21. The molecule has 2 aromatic rings. The fourth-order valence-electron chi connectivity index (χ4n) is 3.91. The number of halogens is 2. The molecule has 0 fully saturated rings. The molecule has 2 atom stereocenters. The molecule has 0 amide bonds. The quantitative estimate of drug-likeness (QED) is 0.784. The van der Waals surface area contributed by atoms with Gasteiger partial charge in [-0.25, -0.2) is 0 Å². The average Bonchev–Trinajstić information content (AvgIpc) is 2.63. The lowest BCUT2D eigenvalue weighted by Crippen LogP contribution is -2.38. The largest absolute Gasteiger partial charge is 0.492 e. The van der Waals surface area contributed by atoms with Crippen LogP contribution in [0.3, 0.4) is 0 Å². The molecule has 2 unspecified atom stereocenters. The maximum absolute atomic E-state index is 6.24. The van der Waals surface area contributed by atoms with E-state index in [1.807, 2.05) is 12.1 Å². The normalized spacial score (nSPS) is 19.5. The Kier molecular flexibility index (Phi) is 6.46. The predicted molar refractivity (Wildman–Crippen MR) is 110 cm³/mol. The number of benzene rings is 2. The highest BCUT2D eigenvalue weighted by Gasteiger charge is 2.31. The molecule has 0 heterocycles. The van der Waals surface area contributed by atoms with Gasteiger partial charge in [0.2, 0.25) is 0 Å². The first-order chi connectivity index (χ1) is 12.5. The molecule has 26 heavy (non-hydrogen) atoms. The second-order valence-electron chi connectivity index (χ2n) is 7.13. The fraction of sp³-hybridized carbons (Fsp3) is 0.429. The van der Waals surface area contributed by atoms with Crippen LogP contribution >= 0.6 is 23.2 Å². The van der Waals surface area contributed by atoms with Crippen LogP contribution < -0.4 is 10.5 Å². The molecule has 0 spiro atoms. The SMILES string of the molecule is CN(C)C1CCc2ccc(OCCN)cc2C1Cc1ccc(Cl)c(Cl)c1. The van der Waals surface area contributed by atoms with Crippen LogP contribution in [-0.4, -0.2) is 38.2 Å². The fourth-order valence-corrected chi connectivity index (χ4v) is 4.23. The van der Waals surface area contributed by atoms with Crippen LogP contribution in [0, 0.1) is 0 Å². The van der Waals surface area contributed by atoms with Crippen molar-refractivity contribution in [3.05, 3.63) is 63.1 Å². The molecule has 5 heteroatoms. The molecule has 3 nitrogen and oxygen atoms in total. The van der Waals surface area contributed by atoms with Gasteiger partial charge < -0.3 is 15.4 Å². The van der Waals surface area contributed by atoms with Gasteiger partial charge in [-0.2, -0.15) is 0 Å². The number of rotatable bonds is 6. The summed E-state index contributed by atoms with van der Waals surface area (Å²) < 4.78 is 5.77.